The molecule has 0 aliphatic carbocycles. The molecule has 0 amide bonds. The summed E-state index contributed by atoms with van der Waals surface area (Å²) in [5, 5.41) is 1.07. The molecule has 28 heavy (non-hydrogen) atoms. The first-order valence-electron chi connectivity index (χ1n) is 9.15. The van der Waals surface area contributed by atoms with Gasteiger partial charge >= 0.3 is 5.97 Å². The minimum atomic E-state index is -1.10. The van der Waals surface area contributed by atoms with Crippen molar-refractivity contribution in [2.45, 2.75) is 26.4 Å². The maximum atomic E-state index is 12.5. The van der Waals surface area contributed by atoms with Crippen molar-refractivity contribution in [3.8, 4) is 5.75 Å². The van der Waals surface area contributed by atoms with E-state index in [1.807, 2.05) is 30.5 Å². The Labute approximate surface area is 164 Å². The number of para-hydroxylation sites is 1. The number of carbonyl (C=O) groups is 2. The maximum Gasteiger partial charge on any atom is 0.349 e. The van der Waals surface area contributed by atoms with E-state index in [4.69, 9.17) is 9.47 Å². The van der Waals surface area contributed by atoms with E-state index in [-0.39, 0.29) is 5.78 Å². The van der Waals surface area contributed by atoms with Gasteiger partial charge in [0.05, 0.1) is 6.61 Å². The van der Waals surface area contributed by atoms with Crippen molar-refractivity contribution in [2.24, 2.45) is 0 Å². The SMILES string of the molecule is CCOC(=O)C(C)(C)Oc1ccc(C(=O)/C=C/c2c[nH]c3ccccc23)cc1. The molecule has 5 nitrogen and oxygen atoms in total. The molecular weight excluding hydrogens is 354 g/mol. The zero-order valence-electron chi connectivity index (χ0n) is 16.2. The summed E-state index contributed by atoms with van der Waals surface area (Å²) in [5.74, 6) is -0.0477. The number of aromatic nitrogens is 1. The summed E-state index contributed by atoms with van der Waals surface area (Å²) in [6.07, 6.45) is 5.23. The van der Waals surface area contributed by atoms with Gasteiger partial charge in [-0.2, -0.15) is 0 Å². The van der Waals surface area contributed by atoms with Gasteiger partial charge in [-0.05, 0) is 68.8 Å². The van der Waals surface area contributed by atoms with Crippen LogP contribution in [0.15, 0.2) is 60.8 Å². The number of fused-ring (bicyclic) bond motifs is 1. The molecule has 0 saturated carbocycles. The standard InChI is InChI=1S/C23H23NO4/c1-4-27-22(26)23(2,3)28-18-12-9-16(10-13-18)21(25)14-11-17-15-24-20-8-6-5-7-19(17)20/h5-15,24H,4H2,1-3H3/b14-11+. The lowest BCUT2D eigenvalue weighted by Crippen LogP contribution is -2.39. The minimum absolute atomic E-state index is 0.110. The third-order valence-corrected chi connectivity index (χ3v) is 4.31. The van der Waals surface area contributed by atoms with Crippen molar-refractivity contribution in [3.05, 3.63) is 71.9 Å². The van der Waals surface area contributed by atoms with E-state index in [1.165, 1.54) is 0 Å². The number of ether oxygens (including phenoxy) is 2. The predicted molar refractivity (Wildman–Crippen MR) is 109 cm³/mol. The van der Waals surface area contributed by atoms with Gasteiger partial charge in [0.25, 0.3) is 0 Å². The highest BCUT2D eigenvalue weighted by molar-refractivity contribution is 6.07. The number of aromatic amines is 1. The van der Waals surface area contributed by atoms with Crippen molar-refractivity contribution < 1.29 is 19.1 Å². The number of H-pyrrole nitrogens is 1. The van der Waals surface area contributed by atoms with E-state index in [2.05, 4.69) is 4.98 Å². The number of nitrogens with one attached hydrogen (secondary N) is 1. The third-order valence-electron chi connectivity index (χ3n) is 4.31. The number of rotatable bonds is 7. The van der Waals surface area contributed by atoms with Crippen LogP contribution >= 0.6 is 0 Å². The Morgan fingerprint density at radius 3 is 2.50 bits per heavy atom. The Hall–Kier alpha value is -3.34. The van der Waals surface area contributed by atoms with Crippen LogP contribution in [0.2, 0.25) is 0 Å². The normalized spacial score (nSPS) is 11.7. The van der Waals surface area contributed by atoms with Crippen molar-refractivity contribution in [2.75, 3.05) is 6.61 Å². The molecule has 0 aliphatic rings. The van der Waals surface area contributed by atoms with E-state index in [0.29, 0.717) is 17.9 Å². The van der Waals surface area contributed by atoms with Crippen LogP contribution in [0.4, 0.5) is 0 Å². The van der Waals surface area contributed by atoms with E-state index in [0.717, 1.165) is 16.5 Å². The summed E-state index contributed by atoms with van der Waals surface area (Å²) in [5.41, 5.74) is 1.43. The largest absolute Gasteiger partial charge is 0.476 e. The highest BCUT2D eigenvalue weighted by atomic mass is 16.6. The number of allylic oxidation sites excluding steroid dienone is 1. The van der Waals surface area contributed by atoms with Crippen molar-refractivity contribution in [1.82, 2.24) is 4.98 Å². The third kappa shape index (κ3) is 4.31. The monoisotopic (exact) mass is 377 g/mol. The number of ketones is 1. The Morgan fingerprint density at radius 2 is 1.79 bits per heavy atom. The van der Waals surface area contributed by atoms with Gasteiger partial charge in [-0.15, -0.1) is 0 Å². The Morgan fingerprint density at radius 1 is 1.07 bits per heavy atom. The molecule has 1 N–H and O–H groups in total. The van der Waals surface area contributed by atoms with Crippen LogP contribution in [-0.4, -0.2) is 28.9 Å². The van der Waals surface area contributed by atoms with Crippen LogP contribution in [0.5, 0.6) is 5.75 Å². The van der Waals surface area contributed by atoms with Gasteiger partial charge in [0, 0.05) is 22.7 Å². The number of hydrogen-bond acceptors (Lipinski definition) is 4. The molecule has 3 aromatic rings. The first-order chi connectivity index (χ1) is 13.4. The molecule has 0 fully saturated rings. The highest BCUT2D eigenvalue weighted by Crippen LogP contribution is 2.22. The van der Waals surface area contributed by atoms with E-state index < -0.39 is 11.6 Å². The summed E-state index contributed by atoms with van der Waals surface area (Å²) in [6, 6.07) is 14.6. The molecule has 0 atom stereocenters. The molecule has 144 valence electrons. The summed E-state index contributed by atoms with van der Waals surface area (Å²) in [7, 11) is 0. The fourth-order valence-corrected chi connectivity index (χ4v) is 2.82. The Kier molecular flexibility index (Phi) is 5.64. The second-order valence-electron chi connectivity index (χ2n) is 6.84. The zero-order chi connectivity index (χ0) is 20.1. The lowest BCUT2D eigenvalue weighted by atomic mass is 10.1. The highest BCUT2D eigenvalue weighted by Gasteiger charge is 2.31. The molecule has 0 radical (unpaired) electrons. The summed E-state index contributed by atoms with van der Waals surface area (Å²) in [6.45, 7) is 5.34. The van der Waals surface area contributed by atoms with Gasteiger partial charge in [-0.1, -0.05) is 18.2 Å². The van der Waals surface area contributed by atoms with Crippen molar-refractivity contribution in [3.63, 3.8) is 0 Å². The molecule has 0 saturated heterocycles. The fraction of sp³-hybridized carbons (Fsp3) is 0.217. The fourth-order valence-electron chi connectivity index (χ4n) is 2.82. The van der Waals surface area contributed by atoms with Crippen LogP contribution < -0.4 is 4.74 Å². The van der Waals surface area contributed by atoms with Gasteiger partial charge in [0.2, 0.25) is 0 Å². The second kappa shape index (κ2) is 8.13. The summed E-state index contributed by atoms with van der Waals surface area (Å²) >= 11 is 0. The topological polar surface area (TPSA) is 68.4 Å². The number of esters is 1. The molecule has 1 heterocycles. The first kappa shape index (κ1) is 19.4. The van der Waals surface area contributed by atoms with Crippen molar-refractivity contribution >= 4 is 28.7 Å². The van der Waals surface area contributed by atoms with Gasteiger partial charge in [0.15, 0.2) is 11.4 Å². The average molecular weight is 377 g/mol. The molecule has 0 bridgehead atoms. The molecule has 0 spiro atoms. The average Bonchev–Trinajstić information content (AvgIpc) is 3.10. The summed E-state index contributed by atoms with van der Waals surface area (Å²) < 4.78 is 10.7. The van der Waals surface area contributed by atoms with Crippen LogP contribution in [0.1, 0.15) is 36.7 Å². The summed E-state index contributed by atoms with van der Waals surface area (Å²) in [4.78, 5) is 27.6. The van der Waals surface area contributed by atoms with Crippen LogP contribution in [-0.2, 0) is 9.53 Å². The molecule has 1 aromatic heterocycles. The quantitative estimate of drug-likeness (QED) is 0.365. The Bertz CT molecular complexity index is 1010. The molecule has 0 unspecified atom stereocenters. The molecular formula is C23H23NO4. The second-order valence-corrected chi connectivity index (χ2v) is 6.84. The minimum Gasteiger partial charge on any atom is -0.476 e. The van der Waals surface area contributed by atoms with Crippen molar-refractivity contribution in [1.29, 1.82) is 0 Å². The van der Waals surface area contributed by atoms with E-state index in [9.17, 15) is 9.59 Å². The molecule has 5 heteroatoms. The zero-order valence-corrected chi connectivity index (χ0v) is 16.2. The van der Waals surface area contributed by atoms with Gasteiger partial charge in [0.1, 0.15) is 5.75 Å². The number of benzene rings is 2. The van der Waals surface area contributed by atoms with E-state index >= 15 is 0 Å². The van der Waals surface area contributed by atoms with Gasteiger partial charge in [-0.3, -0.25) is 4.79 Å². The van der Waals surface area contributed by atoms with Crippen LogP contribution in [0.3, 0.4) is 0 Å². The van der Waals surface area contributed by atoms with Gasteiger partial charge in [-0.25, -0.2) is 4.79 Å². The molecule has 2 aromatic carbocycles. The predicted octanol–water partition coefficient (Wildman–Crippen LogP) is 4.78. The van der Waals surface area contributed by atoms with E-state index in [1.54, 1.807) is 57.2 Å². The lowest BCUT2D eigenvalue weighted by Gasteiger charge is -2.24. The Balaban J connectivity index is 1.69. The van der Waals surface area contributed by atoms with Gasteiger partial charge < -0.3 is 14.5 Å². The lowest BCUT2D eigenvalue weighted by molar-refractivity contribution is -0.158. The molecule has 3 rings (SSSR count). The first-order valence-corrected chi connectivity index (χ1v) is 9.15. The number of hydrogen-bond donors (Lipinski definition) is 1. The molecule has 0 aliphatic heterocycles. The number of carbonyl (C=O) groups excluding carboxylic acids is 2. The maximum absolute atomic E-state index is 12.5. The smallest absolute Gasteiger partial charge is 0.349 e. The van der Waals surface area contributed by atoms with Crippen LogP contribution in [0.25, 0.3) is 17.0 Å². The van der Waals surface area contributed by atoms with Crippen LogP contribution in [0, 0.1) is 0 Å².